The number of hydrogen-bond acceptors (Lipinski definition) is 4. The van der Waals surface area contributed by atoms with E-state index in [1.807, 2.05) is 0 Å². The van der Waals surface area contributed by atoms with E-state index in [9.17, 15) is 9.18 Å². The van der Waals surface area contributed by atoms with Crippen molar-refractivity contribution in [3.8, 4) is 0 Å². The highest BCUT2D eigenvalue weighted by atomic mass is 35.5. The third kappa shape index (κ3) is 3.37. The maximum absolute atomic E-state index is 13.8. The number of nitrogens with zero attached hydrogens (tertiary/aromatic N) is 3. The fraction of sp³-hybridized carbons (Fsp3) is 0.308. The number of hydrogen-bond donors (Lipinski definition) is 1. The summed E-state index contributed by atoms with van der Waals surface area (Å²) in [6.07, 6.45) is 0.303. The van der Waals surface area contributed by atoms with E-state index in [1.54, 1.807) is 6.07 Å². The average Bonchev–Trinajstić information content (AvgIpc) is 2.83. The van der Waals surface area contributed by atoms with Crippen molar-refractivity contribution in [3.63, 3.8) is 0 Å². The summed E-state index contributed by atoms with van der Waals surface area (Å²) in [6, 6.07) is 4.34. The molecular weight excluding hydrogens is 301 g/mol. The minimum Gasteiger partial charge on any atom is -0.476 e. The largest absolute Gasteiger partial charge is 0.476 e. The van der Waals surface area contributed by atoms with Gasteiger partial charge >= 0.3 is 5.97 Å². The number of benzene rings is 1. The number of halogens is 2. The van der Waals surface area contributed by atoms with Crippen LogP contribution in [0.2, 0.25) is 5.02 Å². The molecule has 0 atom stereocenters. The van der Waals surface area contributed by atoms with Gasteiger partial charge in [0.15, 0.2) is 5.69 Å². The standard InChI is InChI=1S/C13H13ClFN3O3/c1-21-6-5-11-12(13(19)20)16-17-18(11)7-8-9(14)3-2-4-10(8)15/h2-4H,5-7H2,1H3,(H,19,20). The molecule has 1 aromatic carbocycles. The average molecular weight is 314 g/mol. The molecule has 0 fully saturated rings. The van der Waals surface area contributed by atoms with E-state index in [2.05, 4.69) is 10.3 Å². The minimum atomic E-state index is -1.19. The lowest BCUT2D eigenvalue weighted by atomic mass is 10.2. The summed E-state index contributed by atoms with van der Waals surface area (Å²) < 4.78 is 20.1. The Hall–Kier alpha value is -1.99. The Labute approximate surface area is 125 Å². The number of aromatic carboxylic acids is 1. The molecule has 0 aliphatic heterocycles. The van der Waals surface area contributed by atoms with Crippen molar-refractivity contribution in [3.05, 3.63) is 46.0 Å². The summed E-state index contributed by atoms with van der Waals surface area (Å²) in [4.78, 5) is 11.1. The number of carboxylic acids is 1. The summed E-state index contributed by atoms with van der Waals surface area (Å²) in [5.74, 6) is -1.67. The van der Waals surface area contributed by atoms with Gasteiger partial charge in [-0.1, -0.05) is 22.9 Å². The summed E-state index contributed by atoms with van der Waals surface area (Å²) in [7, 11) is 1.50. The molecule has 1 N–H and O–H groups in total. The van der Waals surface area contributed by atoms with Crippen LogP contribution in [-0.2, 0) is 17.7 Å². The molecule has 2 rings (SSSR count). The zero-order chi connectivity index (χ0) is 15.4. The number of ether oxygens (including phenoxy) is 1. The van der Waals surface area contributed by atoms with E-state index in [1.165, 1.54) is 23.9 Å². The molecule has 0 aliphatic carbocycles. The molecule has 112 valence electrons. The summed E-state index contributed by atoms with van der Waals surface area (Å²) >= 11 is 5.96. The van der Waals surface area contributed by atoms with Crippen molar-refractivity contribution in [1.29, 1.82) is 0 Å². The first kappa shape index (κ1) is 15.4. The Bertz CT molecular complexity index is 640. The van der Waals surface area contributed by atoms with Crippen LogP contribution in [0.3, 0.4) is 0 Å². The molecule has 0 saturated carbocycles. The van der Waals surface area contributed by atoms with Crippen LogP contribution in [0.15, 0.2) is 18.2 Å². The third-order valence-electron chi connectivity index (χ3n) is 2.95. The van der Waals surface area contributed by atoms with Crippen molar-refractivity contribution in [2.75, 3.05) is 13.7 Å². The van der Waals surface area contributed by atoms with E-state index in [4.69, 9.17) is 21.4 Å². The second kappa shape index (κ2) is 6.64. The minimum absolute atomic E-state index is 0.00480. The summed E-state index contributed by atoms with van der Waals surface area (Å²) in [5.41, 5.74) is 0.433. The molecule has 0 bridgehead atoms. The Balaban J connectivity index is 2.37. The Kier molecular flexibility index (Phi) is 4.87. The van der Waals surface area contributed by atoms with Crippen molar-refractivity contribution in [2.45, 2.75) is 13.0 Å². The molecule has 0 saturated heterocycles. The topological polar surface area (TPSA) is 77.2 Å². The number of methoxy groups -OCH3 is 1. The molecule has 21 heavy (non-hydrogen) atoms. The first-order valence-corrected chi connectivity index (χ1v) is 6.50. The Morgan fingerprint density at radius 1 is 1.52 bits per heavy atom. The molecule has 0 unspecified atom stereocenters. The van der Waals surface area contributed by atoms with Crippen molar-refractivity contribution >= 4 is 17.6 Å². The summed E-state index contributed by atoms with van der Waals surface area (Å²) in [6.45, 7) is 0.309. The van der Waals surface area contributed by atoms with Crippen LogP contribution in [-0.4, -0.2) is 39.8 Å². The number of carbonyl (C=O) groups is 1. The van der Waals surface area contributed by atoms with Gasteiger partial charge in [-0.15, -0.1) is 5.10 Å². The lowest BCUT2D eigenvalue weighted by molar-refractivity contribution is 0.0688. The monoisotopic (exact) mass is 313 g/mol. The van der Waals surface area contributed by atoms with Crippen LogP contribution in [0, 0.1) is 5.82 Å². The molecule has 0 amide bonds. The highest BCUT2D eigenvalue weighted by molar-refractivity contribution is 6.31. The van der Waals surface area contributed by atoms with Gasteiger partial charge in [0, 0.05) is 24.1 Å². The van der Waals surface area contributed by atoms with Gasteiger partial charge in [-0.3, -0.25) is 0 Å². The number of aromatic nitrogens is 3. The first-order valence-electron chi connectivity index (χ1n) is 6.12. The Morgan fingerprint density at radius 2 is 2.29 bits per heavy atom. The van der Waals surface area contributed by atoms with E-state index in [0.717, 1.165) is 0 Å². The smallest absolute Gasteiger partial charge is 0.358 e. The van der Waals surface area contributed by atoms with Crippen molar-refractivity contribution in [2.24, 2.45) is 0 Å². The van der Waals surface area contributed by atoms with Crippen LogP contribution in [0.1, 0.15) is 21.7 Å². The Morgan fingerprint density at radius 3 is 2.90 bits per heavy atom. The summed E-state index contributed by atoms with van der Waals surface area (Å²) in [5, 5.41) is 16.7. The van der Waals surface area contributed by atoms with E-state index >= 15 is 0 Å². The SMILES string of the molecule is COCCc1c(C(=O)O)nnn1Cc1c(F)cccc1Cl. The molecule has 0 radical (unpaired) electrons. The van der Waals surface area contributed by atoms with Crippen LogP contribution in [0.25, 0.3) is 0 Å². The molecule has 0 aliphatic rings. The second-order valence-corrected chi connectivity index (χ2v) is 4.70. The lowest BCUT2D eigenvalue weighted by Gasteiger charge is -2.09. The first-order chi connectivity index (χ1) is 10.0. The second-order valence-electron chi connectivity index (χ2n) is 4.29. The van der Waals surface area contributed by atoms with Crippen LogP contribution < -0.4 is 0 Å². The van der Waals surface area contributed by atoms with Gasteiger partial charge in [0.05, 0.1) is 18.8 Å². The van der Waals surface area contributed by atoms with E-state index in [0.29, 0.717) is 18.7 Å². The maximum Gasteiger partial charge on any atom is 0.358 e. The number of carboxylic acid groups (broad SMARTS) is 1. The van der Waals surface area contributed by atoms with Gasteiger partial charge in [0.1, 0.15) is 5.82 Å². The fourth-order valence-electron chi connectivity index (χ4n) is 1.91. The van der Waals surface area contributed by atoms with Crippen LogP contribution >= 0.6 is 11.6 Å². The molecule has 2 aromatic rings. The maximum atomic E-state index is 13.8. The number of rotatable bonds is 6. The van der Waals surface area contributed by atoms with Gasteiger partial charge in [-0.2, -0.15) is 0 Å². The van der Waals surface area contributed by atoms with Gasteiger partial charge in [0.2, 0.25) is 0 Å². The predicted molar refractivity (Wildman–Crippen MR) is 73.1 cm³/mol. The molecule has 8 heteroatoms. The quantitative estimate of drug-likeness (QED) is 0.882. The predicted octanol–water partition coefficient (Wildman–Crippen LogP) is 2.01. The zero-order valence-corrected chi connectivity index (χ0v) is 12.0. The van der Waals surface area contributed by atoms with Crippen LogP contribution in [0.4, 0.5) is 4.39 Å². The molecule has 6 nitrogen and oxygen atoms in total. The van der Waals surface area contributed by atoms with Gasteiger partial charge in [-0.05, 0) is 12.1 Å². The lowest BCUT2D eigenvalue weighted by Crippen LogP contribution is -2.12. The third-order valence-corrected chi connectivity index (χ3v) is 3.31. The van der Waals surface area contributed by atoms with Crippen molar-refractivity contribution in [1.82, 2.24) is 15.0 Å². The fourth-order valence-corrected chi connectivity index (χ4v) is 2.13. The van der Waals surface area contributed by atoms with Gasteiger partial charge in [-0.25, -0.2) is 13.9 Å². The molecule has 1 heterocycles. The molecule has 0 spiro atoms. The van der Waals surface area contributed by atoms with E-state index in [-0.39, 0.29) is 22.8 Å². The van der Waals surface area contributed by atoms with Crippen LogP contribution in [0.5, 0.6) is 0 Å². The van der Waals surface area contributed by atoms with Gasteiger partial charge in [0.25, 0.3) is 0 Å². The normalized spacial score (nSPS) is 10.8. The zero-order valence-electron chi connectivity index (χ0n) is 11.2. The van der Waals surface area contributed by atoms with Crippen molar-refractivity contribution < 1.29 is 19.0 Å². The van der Waals surface area contributed by atoms with E-state index < -0.39 is 11.8 Å². The molecule has 1 aromatic heterocycles. The highest BCUT2D eigenvalue weighted by Crippen LogP contribution is 2.21. The van der Waals surface area contributed by atoms with Gasteiger partial charge < -0.3 is 9.84 Å². The highest BCUT2D eigenvalue weighted by Gasteiger charge is 2.20. The molecular formula is C13H13ClFN3O3.